The Labute approximate surface area is 317 Å². The third kappa shape index (κ3) is 5.89. The first-order chi connectivity index (χ1) is 26.3. The zero-order valence-corrected chi connectivity index (χ0v) is 30.9. The average molecular weight is 819 g/mol. The van der Waals surface area contributed by atoms with Crippen molar-refractivity contribution in [3.05, 3.63) is 109 Å². The number of carbonyl (C=O) groups excluding carboxylic acids is 1. The van der Waals surface area contributed by atoms with Gasteiger partial charge in [0.2, 0.25) is 15.9 Å². The Morgan fingerprint density at radius 3 is 2.43 bits per heavy atom. The van der Waals surface area contributed by atoms with E-state index in [2.05, 4.69) is 14.9 Å². The van der Waals surface area contributed by atoms with Crippen molar-refractivity contribution in [1.29, 1.82) is 0 Å². The molecule has 8 rings (SSSR count). The minimum Gasteiger partial charge on any atom is -0.368 e. The number of carbonyl (C=O) groups is 1. The van der Waals surface area contributed by atoms with E-state index in [-0.39, 0.29) is 56.1 Å². The second-order valence-corrected chi connectivity index (χ2v) is 16.3. The van der Waals surface area contributed by atoms with Gasteiger partial charge in [0, 0.05) is 24.6 Å². The SMILES string of the molecule is Cc1cccc2nc([C@@H](Cc3cc(F)cc(F)c3)C(C(N)=O)n3nc(C(F)F)c4c3C(F)(F)[C@@H]3C[C@H]43)n(-c3ccc(Cl)c4c(NS(C)(=O)=O)nn(C)c34)c(=O)c12. The van der Waals surface area contributed by atoms with Crippen LogP contribution in [-0.2, 0) is 34.2 Å². The summed E-state index contributed by atoms with van der Waals surface area (Å²) in [6.07, 6.45) is -3.15. The third-order valence-corrected chi connectivity index (χ3v) is 11.2. The van der Waals surface area contributed by atoms with Crippen LogP contribution in [0.4, 0.5) is 32.2 Å². The highest BCUT2D eigenvalue weighted by Crippen LogP contribution is 2.68. The number of alkyl halides is 4. The number of fused-ring (bicyclic) bond motifs is 5. The van der Waals surface area contributed by atoms with Gasteiger partial charge in [0.15, 0.2) is 5.82 Å². The smallest absolute Gasteiger partial charge is 0.293 e. The van der Waals surface area contributed by atoms with E-state index in [4.69, 9.17) is 22.3 Å². The summed E-state index contributed by atoms with van der Waals surface area (Å²) >= 11 is 6.59. The second kappa shape index (κ2) is 12.8. The Morgan fingerprint density at radius 1 is 1.09 bits per heavy atom. The van der Waals surface area contributed by atoms with Crippen LogP contribution in [-0.4, -0.2) is 49.7 Å². The fourth-order valence-corrected chi connectivity index (χ4v) is 8.85. The van der Waals surface area contributed by atoms with Crippen molar-refractivity contribution in [1.82, 2.24) is 29.1 Å². The summed E-state index contributed by atoms with van der Waals surface area (Å²) in [5.74, 6) is -11.8. The van der Waals surface area contributed by atoms with Crippen LogP contribution in [0.2, 0.25) is 5.02 Å². The van der Waals surface area contributed by atoms with Crippen molar-refractivity contribution in [3.63, 3.8) is 0 Å². The Balaban J connectivity index is 1.49. The van der Waals surface area contributed by atoms with Gasteiger partial charge in [-0.1, -0.05) is 23.7 Å². The molecule has 0 bridgehead atoms. The van der Waals surface area contributed by atoms with Gasteiger partial charge < -0.3 is 5.73 Å². The number of hydrogen-bond donors (Lipinski definition) is 2. The first-order valence-corrected chi connectivity index (χ1v) is 19.2. The number of aryl methyl sites for hydroxylation is 2. The Morgan fingerprint density at radius 2 is 1.79 bits per heavy atom. The summed E-state index contributed by atoms with van der Waals surface area (Å²) in [5.41, 5.74) is 3.26. The minimum absolute atomic E-state index is 0.00300. The molecule has 56 heavy (non-hydrogen) atoms. The molecule has 2 aliphatic rings. The van der Waals surface area contributed by atoms with Crippen LogP contribution in [0.15, 0.2) is 53.3 Å². The van der Waals surface area contributed by atoms with Gasteiger partial charge in [0.25, 0.3) is 17.9 Å². The number of sulfonamides is 1. The maximum Gasteiger partial charge on any atom is 0.293 e. The van der Waals surface area contributed by atoms with E-state index in [0.29, 0.717) is 16.3 Å². The van der Waals surface area contributed by atoms with Crippen molar-refractivity contribution in [2.45, 2.75) is 50.0 Å². The molecule has 1 unspecified atom stereocenters. The Kier molecular flexibility index (Phi) is 8.57. The zero-order valence-electron chi connectivity index (χ0n) is 29.4. The number of nitrogens with two attached hydrogens (primary N) is 1. The number of rotatable bonds is 10. The number of primary amides is 1. The quantitative estimate of drug-likeness (QED) is 0.154. The summed E-state index contributed by atoms with van der Waals surface area (Å²) in [4.78, 5) is 33.5. The molecule has 1 saturated carbocycles. The molecule has 12 nitrogen and oxygen atoms in total. The van der Waals surface area contributed by atoms with E-state index < -0.39 is 92.6 Å². The first-order valence-electron chi connectivity index (χ1n) is 17.0. The molecule has 3 N–H and O–H groups in total. The standard InChI is InChI=1S/C36H29ClF6N8O4S/c1-14-5-4-6-22-24(14)35(53)50(23-8-7-21(37)26-29(23)49(2)47-33(26)48-56(3,54)55)34(45-22)19(11-15-9-16(38)12-17(39)10-15)28(32(44)52)51-30-25(27(46-51)31(40)41)18-13-20(18)36(30,42)43/h4-10,12,18-20,28,31H,11,13H2,1-3H3,(H2,44,52)(H,47,48)/t18-,19-,20+,28?/m0/s1. The monoisotopic (exact) mass is 818 g/mol. The molecule has 3 heterocycles. The fraction of sp³-hybridized carbons (Fsp3) is 0.306. The fourth-order valence-electron chi connectivity index (χ4n) is 8.11. The van der Waals surface area contributed by atoms with Gasteiger partial charge in [-0.3, -0.25) is 23.6 Å². The van der Waals surface area contributed by atoms with Gasteiger partial charge in [-0.2, -0.15) is 19.0 Å². The van der Waals surface area contributed by atoms with Crippen molar-refractivity contribution >= 4 is 55.2 Å². The van der Waals surface area contributed by atoms with E-state index in [9.17, 15) is 35.6 Å². The molecule has 3 aromatic heterocycles. The number of nitrogens with zero attached hydrogens (tertiary/aromatic N) is 6. The molecule has 1 fully saturated rings. The van der Waals surface area contributed by atoms with Gasteiger partial charge in [0.05, 0.1) is 44.7 Å². The highest BCUT2D eigenvalue weighted by atomic mass is 35.5. The first kappa shape index (κ1) is 37.5. The number of benzene rings is 3. The highest BCUT2D eigenvalue weighted by Gasteiger charge is 2.67. The zero-order chi connectivity index (χ0) is 40.3. The van der Waals surface area contributed by atoms with Crippen LogP contribution < -0.4 is 16.0 Å². The number of anilines is 1. The van der Waals surface area contributed by atoms with Crippen LogP contribution >= 0.6 is 11.6 Å². The normalized spacial score (nSPS) is 18.3. The lowest BCUT2D eigenvalue weighted by atomic mass is 9.89. The van der Waals surface area contributed by atoms with Crippen LogP contribution in [0, 0.1) is 24.5 Å². The Hall–Kier alpha value is -5.43. The maximum atomic E-state index is 16.1. The molecule has 4 atom stereocenters. The van der Waals surface area contributed by atoms with Crippen LogP contribution in [0.3, 0.4) is 0 Å². The van der Waals surface area contributed by atoms with Gasteiger partial charge in [-0.25, -0.2) is 35.6 Å². The van der Waals surface area contributed by atoms with Crippen molar-refractivity contribution < 1.29 is 39.6 Å². The summed E-state index contributed by atoms with van der Waals surface area (Å²) in [5, 5.41) is 8.25. The minimum atomic E-state index is -3.93. The second-order valence-electron chi connectivity index (χ2n) is 14.1. The molecule has 2 aliphatic carbocycles. The summed E-state index contributed by atoms with van der Waals surface area (Å²) in [6, 6.07) is 7.66. The predicted octanol–water partition coefficient (Wildman–Crippen LogP) is 6.28. The topological polar surface area (TPSA) is 160 Å². The number of halogens is 7. The van der Waals surface area contributed by atoms with Gasteiger partial charge in [0.1, 0.15) is 34.9 Å². The molecule has 1 amide bonds. The summed E-state index contributed by atoms with van der Waals surface area (Å²) < 4.78 is 120. The lowest BCUT2D eigenvalue weighted by Crippen LogP contribution is -2.39. The van der Waals surface area contributed by atoms with Gasteiger partial charge >= 0.3 is 0 Å². The molecule has 0 radical (unpaired) electrons. The predicted molar refractivity (Wildman–Crippen MR) is 193 cm³/mol. The number of amides is 1. The lowest BCUT2D eigenvalue weighted by molar-refractivity contribution is -0.122. The van der Waals surface area contributed by atoms with E-state index >= 15 is 8.78 Å². The molecule has 3 aromatic carbocycles. The van der Waals surface area contributed by atoms with Crippen LogP contribution in [0.5, 0.6) is 0 Å². The summed E-state index contributed by atoms with van der Waals surface area (Å²) in [7, 11) is -2.51. The number of hydrogen-bond acceptors (Lipinski definition) is 7. The van der Waals surface area contributed by atoms with Gasteiger partial charge in [-0.05, 0) is 67.1 Å². The lowest BCUT2D eigenvalue weighted by Gasteiger charge is -2.30. The molecular weight excluding hydrogens is 790 g/mol. The van der Waals surface area contributed by atoms with Crippen LogP contribution in [0.25, 0.3) is 27.5 Å². The van der Waals surface area contributed by atoms with E-state index in [0.717, 1.165) is 23.0 Å². The molecule has 0 aliphatic heterocycles. The van der Waals surface area contributed by atoms with Crippen molar-refractivity contribution in [2.24, 2.45) is 18.7 Å². The largest absolute Gasteiger partial charge is 0.368 e. The Bertz CT molecular complexity index is 2820. The molecule has 292 valence electrons. The van der Waals surface area contributed by atoms with Crippen molar-refractivity contribution in [3.8, 4) is 5.69 Å². The molecule has 20 heteroatoms. The summed E-state index contributed by atoms with van der Waals surface area (Å²) in [6.45, 7) is 1.62. The van der Waals surface area contributed by atoms with E-state index in [1.54, 1.807) is 19.1 Å². The molecule has 0 spiro atoms. The van der Waals surface area contributed by atoms with Crippen molar-refractivity contribution in [2.75, 3.05) is 11.0 Å². The molecule has 6 aromatic rings. The number of aromatic nitrogens is 6. The van der Waals surface area contributed by atoms with Crippen LogP contribution in [0.1, 0.15) is 64.6 Å². The van der Waals surface area contributed by atoms with E-state index in [1.165, 1.54) is 29.9 Å². The number of nitrogens with one attached hydrogen (secondary N) is 1. The molecular formula is C36H29ClF6N8O4S. The highest BCUT2D eigenvalue weighted by molar-refractivity contribution is 7.92. The average Bonchev–Trinajstić information content (AvgIpc) is 3.61. The third-order valence-electron chi connectivity index (χ3n) is 10.3. The maximum absolute atomic E-state index is 16.1. The van der Waals surface area contributed by atoms with Gasteiger partial charge in [-0.15, -0.1) is 0 Å². The molecule has 0 saturated heterocycles. The van der Waals surface area contributed by atoms with E-state index in [1.807, 2.05) is 0 Å².